The molecular weight excluding hydrogens is 332 g/mol. The van der Waals surface area contributed by atoms with Crippen LogP contribution in [0.3, 0.4) is 0 Å². The van der Waals surface area contributed by atoms with E-state index < -0.39 is 27.9 Å². The summed E-state index contributed by atoms with van der Waals surface area (Å²) < 4.78 is 29.9. The molecule has 7 nitrogen and oxygen atoms in total. The molecule has 8 heteroatoms. The van der Waals surface area contributed by atoms with E-state index in [2.05, 4.69) is 0 Å². The van der Waals surface area contributed by atoms with E-state index in [1.165, 1.54) is 0 Å². The Hall–Kier alpha value is -2.09. The first-order valence-corrected chi connectivity index (χ1v) is 9.66. The van der Waals surface area contributed by atoms with Crippen LogP contribution in [-0.4, -0.2) is 44.5 Å². The van der Waals surface area contributed by atoms with Gasteiger partial charge >= 0.3 is 0 Å². The van der Waals surface area contributed by atoms with Crippen LogP contribution in [0.4, 0.5) is 0 Å². The molecule has 1 aliphatic carbocycles. The van der Waals surface area contributed by atoms with Crippen molar-refractivity contribution in [2.24, 2.45) is 5.92 Å². The Balaban J connectivity index is 1.94. The molecule has 2 unspecified atom stereocenters. The minimum absolute atomic E-state index is 0.0224. The molecule has 1 saturated heterocycles. The maximum Gasteiger partial charge on any atom is 0.239 e. The molecule has 1 N–H and O–H groups in total. The summed E-state index contributed by atoms with van der Waals surface area (Å²) in [5.41, 5.74) is 0.808. The molecule has 0 aromatic heterocycles. The van der Waals surface area contributed by atoms with Gasteiger partial charge in [0.05, 0.1) is 25.3 Å². The minimum Gasteiger partial charge on any atom is -0.497 e. The van der Waals surface area contributed by atoms with E-state index in [4.69, 9.17) is 4.74 Å². The number of hydrogen-bond acceptors (Lipinski definition) is 5. The zero-order valence-corrected chi connectivity index (χ0v) is 14.4. The number of nitrogens with zero attached hydrogens (tertiary/aromatic N) is 1. The van der Waals surface area contributed by atoms with Gasteiger partial charge in [-0.1, -0.05) is 12.1 Å². The summed E-state index contributed by atoms with van der Waals surface area (Å²) in [7, 11) is -2.10. The van der Waals surface area contributed by atoms with Gasteiger partial charge in [0.25, 0.3) is 0 Å². The molecule has 2 aliphatic rings. The van der Waals surface area contributed by atoms with E-state index in [9.17, 15) is 18.0 Å². The molecule has 1 aromatic rings. The smallest absolute Gasteiger partial charge is 0.239 e. The van der Waals surface area contributed by atoms with Gasteiger partial charge in [-0.2, -0.15) is 0 Å². The van der Waals surface area contributed by atoms with Crippen LogP contribution in [0.1, 0.15) is 30.9 Å². The third-order valence-electron chi connectivity index (χ3n) is 4.38. The van der Waals surface area contributed by atoms with Crippen LogP contribution in [0.2, 0.25) is 0 Å². The van der Waals surface area contributed by atoms with Crippen molar-refractivity contribution in [3.8, 4) is 5.75 Å². The standard InChI is InChI=1S/C16H20N2O5S/c1-23-12-7-3-10(4-8-12)15-13(16(20)17-24(2,21)22)9-14(19)18(15)11-5-6-11/h3-4,7-8,11,13,15H,5-6,9H2,1-2H3,(H,17,20). The molecule has 0 bridgehead atoms. The first-order valence-electron chi connectivity index (χ1n) is 7.77. The van der Waals surface area contributed by atoms with Crippen LogP contribution in [-0.2, 0) is 19.6 Å². The zero-order valence-electron chi connectivity index (χ0n) is 13.6. The van der Waals surface area contributed by atoms with Gasteiger partial charge in [0.1, 0.15) is 5.75 Å². The van der Waals surface area contributed by atoms with E-state index in [1.54, 1.807) is 24.1 Å². The van der Waals surface area contributed by atoms with Crippen LogP contribution in [0, 0.1) is 5.92 Å². The molecule has 24 heavy (non-hydrogen) atoms. The van der Waals surface area contributed by atoms with Gasteiger partial charge in [0.15, 0.2) is 0 Å². The molecule has 130 valence electrons. The number of rotatable bonds is 5. The highest BCUT2D eigenvalue weighted by molar-refractivity contribution is 7.89. The van der Waals surface area contributed by atoms with Gasteiger partial charge in [-0.05, 0) is 30.5 Å². The zero-order chi connectivity index (χ0) is 17.5. The monoisotopic (exact) mass is 352 g/mol. The van der Waals surface area contributed by atoms with Crippen LogP contribution >= 0.6 is 0 Å². The highest BCUT2D eigenvalue weighted by Crippen LogP contribution is 2.45. The van der Waals surface area contributed by atoms with Gasteiger partial charge in [-0.25, -0.2) is 8.42 Å². The second kappa shape index (κ2) is 6.08. The Kier molecular flexibility index (Phi) is 4.25. The maximum absolute atomic E-state index is 12.4. The van der Waals surface area contributed by atoms with E-state index in [0.29, 0.717) is 5.75 Å². The number of methoxy groups -OCH3 is 1. The third-order valence-corrected chi connectivity index (χ3v) is 4.96. The Morgan fingerprint density at radius 2 is 1.88 bits per heavy atom. The van der Waals surface area contributed by atoms with E-state index >= 15 is 0 Å². The molecule has 2 atom stereocenters. The van der Waals surface area contributed by atoms with E-state index in [1.807, 2.05) is 16.9 Å². The summed E-state index contributed by atoms with van der Waals surface area (Å²) in [5, 5.41) is 0. The number of sulfonamides is 1. The number of carbonyl (C=O) groups is 2. The molecule has 0 radical (unpaired) electrons. The number of nitrogens with one attached hydrogen (secondary N) is 1. The molecule has 1 aromatic carbocycles. The van der Waals surface area contributed by atoms with Crippen molar-refractivity contribution in [3.05, 3.63) is 29.8 Å². The molecule has 2 fully saturated rings. The molecular formula is C16H20N2O5S. The first kappa shape index (κ1) is 16.8. The van der Waals surface area contributed by atoms with Gasteiger partial charge in [-0.3, -0.25) is 14.3 Å². The highest BCUT2D eigenvalue weighted by atomic mass is 32.2. The second-order valence-corrected chi connectivity index (χ2v) is 8.05. The predicted molar refractivity (Wildman–Crippen MR) is 86.7 cm³/mol. The van der Waals surface area contributed by atoms with Crippen molar-refractivity contribution < 1.29 is 22.7 Å². The Morgan fingerprint density at radius 3 is 2.38 bits per heavy atom. The van der Waals surface area contributed by atoms with Crippen molar-refractivity contribution in [1.82, 2.24) is 9.62 Å². The number of likely N-dealkylation sites (tertiary alicyclic amines) is 1. The lowest BCUT2D eigenvalue weighted by Gasteiger charge is -2.28. The lowest BCUT2D eigenvalue weighted by atomic mass is 9.93. The third kappa shape index (κ3) is 3.38. The Morgan fingerprint density at radius 1 is 1.25 bits per heavy atom. The number of amides is 2. The fraction of sp³-hybridized carbons (Fsp3) is 0.500. The lowest BCUT2D eigenvalue weighted by Crippen LogP contribution is -2.38. The Labute approximate surface area is 141 Å². The van der Waals surface area contributed by atoms with Gasteiger partial charge in [0.2, 0.25) is 21.8 Å². The topological polar surface area (TPSA) is 92.8 Å². The SMILES string of the molecule is COc1ccc(C2C(C(=O)NS(C)(=O)=O)CC(=O)N2C2CC2)cc1. The van der Waals surface area contributed by atoms with Crippen LogP contribution in [0.25, 0.3) is 0 Å². The average molecular weight is 352 g/mol. The number of hydrogen-bond donors (Lipinski definition) is 1. The summed E-state index contributed by atoms with van der Waals surface area (Å²) in [5.74, 6) is -0.777. The normalized spacial score (nSPS) is 24.1. The van der Waals surface area contributed by atoms with Crippen molar-refractivity contribution in [2.75, 3.05) is 13.4 Å². The van der Waals surface area contributed by atoms with Crippen molar-refractivity contribution in [1.29, 1.82) is 0 Å². The second-order valence-electron chi connectivity index (χ2n) is 6.30. The molecule has 1 saturated carbocycles. The quantitative estimate of drug-likeness (QED) is 0.847. The van der Waals surface area contributed by atoms with Crippen molar-refractivity contribution in [2.45, 2.75) is 31.3 Å². The van der Waals surface area contributed by atoms with Crippen molar-refractivity contribution in [3.63, 3.8) is 0 Å². The molecule has 2 amide bonds. The summed E-state index contributed by atoms with van der Waals surface area (Å²) in [4.78, 5) is 26.6. The van der Waals surface area contributed by atoms with Crippen LogP contribution < -0.4 is 9.46 Å². The van der Waals surface area contributed by atoms with Crippen LogP contribution in [0.5, 0.6) is 5.75 Å². The van der Waals surface area contributed by atoms with Gasteiger partial charge in [0, 0.05) is 12.5 Å². The lowest BCUT2D eigenvalue weighted by molar-refractivity contribution is -0.129. The summed E-state index contributed by atoms with van der Waals surface area (Å²) in [6.07, 6.45) is 2.79. The molecule has 1 heterocycles. The fourth-order valence-corrected chi connectivity index (χ4v) is 3.74. The largest absolute Gasteiger partial charge is 0.497 e. The molecule has 1 aliphatic heterocycles. The average Bonchev–Trinajstić information content (AvgIpc) is 3.28. The number of ether oxygens (including phenoxy) is 1. The number of carbonyl (C=O) groups excluding carboxylic acids is 2. The van der Waals surface area contributed by atoms with E-state index in [-0.39, 0.29) is 18.4 Å². The van der Waals surface area contributed by atoms with Crippen molar-refractivity contribution >= 4 is 21.8 Å². The first-order chi connectivity index (χ1) is 11.3. The predicted octanol–water partition coefficient (Wildman–Crippen LogP) is 0.823. The number of benzene rings is 1. The maximum atomic E-state index is 12.4. The summed E-state index contributed by atoms with van der Waals surface area (Å²) in [6, 6.07) is 6.87. The molecule has 0 spiro atoms. The van der Waals surface area contributed by atoms with Crippen LogP contribution in [0.15, 0.2) is 24.3 Å². The van der Waals surface area contributed by atoms with Gasteiger partial charge in [-0.15, -0.1) is 0 Å². The molecule has 3 rings (SSSR count). The summed E-state index contributed by atoms with van der Waals surface area (Å²) >= 11 is 0. The Bertz CT molecular complexity index is 755. The van der Waals surface area contributed by atoms with Gasteiger partial charge < -0.3 is 9.64 Å². The highest BCUT2D eigenvalue weighted by Gasteiger charge is 2.50. The fourth-order valence-electron chi connectivity index (χ4n) is 3.23. The van der Waals surface area contributed by atoms with E-state index in [0.717, 1.165) is 24.7 Å². The summed E-state index contributed by atoms with van der Waals surface area (Å²) in [6.45, 7) is 0. The minimum atomic E-state index is -3.67.